The van der Waals surface area contributed by atoms with Crippen LogP contribution in [0.3, 0.4) is 0 Å². The summed E-state index contributed by atoms with van der Waals surface area (Å²) >= 11 is 0. The van der Waals surface area contributed by atoms with Gasteiger partial charge in [-0.2, -0.15) is 0 Å². The highest BCUT2D eigenvalue weighted by Gasteiger charge is 1.95. The van der Waals surface area contributed by atoms with Gasteiger partial charge in [-0.15, -0.1) is 0 Å². The van der Waals surface area contributed by atoms with Crippen molar-refractivity contribution >= 4 is 11.9 Å². The number of nitrogens with one attached hydrogen (secondary N) is 1. The van der Waals surface area contributed by atoms with Crippen LogP contribution < -0.4 is 0 Å². The summed E-state index contributed by atoms with van der Waals surface area (Å²) in [6.07, 6.45) is 1.57. The smallest absolute Gasteiger partial charge is 0.0517 e. The summed E-state index contributed by atoms with van der Waals surface area (Å²) in [6, 6.07) is 0. The molecule has 0 bridgehead atoms. The van der Waals surface area contributed by atoms with Crippen LogP contribution in [0.4, 0.5) is 0 Å². The molecule has 0 spiro atoms. The van der Waals surface area contributed by atoms with Crippen LogP contribution in [0.2, 0.25) is 0 Å². The summed E-state index contributed by atoms with van der Waals surface area (Å²) in [5.41, 5.74) is 0.590. The van der Waals surface area contributed by atoms with Crippen molar-refractivity contribution < 1.29 is 0 Å². The third-order valence-electron chi connectivity index (χ3n) is 0.890. The number of aliphatic imine (C=N–C) groups is 1. The highest BCUT2D eigenvalue weighted by molar-refractivity contribution is 6.29. The lowest BCUT2D eigenvalue weighted by Crippen LogP contribution is -2.06. The van der Waals surface area contributed by atoms with Crippen molar-refractivity contribution in [3.8, 4) is 0 Å². The molecule has 0 atom stereocenters. The summed E-state index contributed by atoms with van der Waals surface area (Å²) in [5.74, 6) is 0.304. The maximum Gasteiger partial charge on any atom is 0.0517 e. The molecule has 2 nitrogen and oxygen atoms in total. The Balaban J connectivity index is 3.66. The maximum absolute atomic E-state index is 7.19. The molecule has 0 aromatic carbocycles. The second-order valence-corrected chi connectivity index (χ2v) is 2.00. The van der Waals surface area contributed by atoms with Gasteiger partial charge in [-0.25, -0.2) is 0 Å². The molecule has 0 rings (SSSR count). The molecule has 8 heavy (non-hydrogen) atoms. The minimum atomic E-state index is 0.304. The first-order valence-electron chi connectivity index (χ1n) is 2.69. The first-order chi connectivity index (χ1) is 3.68. The van der Waals surface area contributed by atoms with Gasteiger partial charge in [0, 0.05) is 13.3 Å². The molecule has 1 N–H and O–H groups in total. The van der Waals surface area contributed by atoms with E-state index in [1.807, 2.05) is 13.8 Å². The van der Waals surface area contributed by atoms with E-state index < -0.39 is 0 Å². The fourth-order valence-corrected chi connectivity index (χ4v) is 0.288. The van der Waals surface area contributed by atoms with Crippen molar-refractivity contribution in [1.29, 1.82) is 5.41 Å². The SMILES string of the molecule is CN=CC(=N)C(C)C. The average molecular weight is 112 g/mol. The molecule has 0 saturated heterocycles. The Kier molecular flexibility index (Phi) is 3.08. The Bertz CT molecular complexity index is 103. The van der Waals surface area contributed by atoms with Gasteiger partial charge >= 0.3 is 0 Å². The molecular formula is C6H12N2. The minimum Gasteiger partial charge on any atom is -0.303 e. The van der Waals surface area contributed by atoms with Crippen molar-refractivity contribution in [3.63, 3.8) is 0 Å². The predicted molar refractivity (Wildman–Crippen MR) is 37.0 cm³/mol. The van der Waals surface area contributed by atoms with Gasteiger partial charge in [0.2, 0.25) is 0 Å². The molecule has 0 amide bonds. The van der Waals surface area contributed by atoms with Crippen molar-refractivity contribution in [2.75, 3.05) is 7.05 Å². The number of nitrogens with zero attached hydrogens (tertiary/aromatic N) is 1. The molecule has 0 aliphatic rings. The monoisotopic (exact) mass is 112 g/mol. The fourth-order valence-electron chi connectivity index (χ4n) is 0.288. The van der Waals surface area contributed by atoms with Gasteiger partial charge in [-0.05, 0) is 5.92 Å². The van der Waals surface area contributed by atoms with Crippen LogP contribution >= 0.6 is 0 Å². The number of hydrogen-bond donors (Lipinski definition) is 1. The van der Waals surface area contributed by atoms with E-state index in [1.165, 1.54) is 0 Å². The van der Waals surface area contributed by atoms with Crippen molar-refractivity contribution in [3.05, 3.63) is 0 Å². The second kappa shape index (κ2) is 3.36. The molecule has 0 radical (unpaired) electrons. The van der Waals surface area contributed by atoms with Gasteiger partial charge in [0.05, 0.1) is 5.71 Å². The zero-order chi connectivity index (χ0) is 6.57. The average Bonchev–Trinajstić information content (AvgIpc) is 1.67. The normalized spacial score (nSPS) is 11.0. The highest BCUT2D eigenvalue weighted by atomic mass is 14.7. The van der Waals surface area contributed by atoms with Crippen molar-refractivity contribution in [2.24, 2.45) is 10.9 Å². The van der Waals surface area contributed by atoms with Crippen LogP contribution in [-0.2, 0) is 0 Å². The van der Waals surface area contributed by atoms with E-state index >= 15 is 0 Å². The third-order valence-corrected chi connectivity index (χ3v) is 0.890. The molecule has 0 aliphatic carbocycles. The quantitative estimate of drug-likeness (QED) is 0.524. The van der Waals surface area contributed by atoms with E-state index in [0.29, 0.717) is 11.6 Å². The Morgan fingerprint density at radius 2 is 2.12 bits per heavy atom. The Labute approximate surface area is 50.1 Å². The van der Waals surface area contributed by atoms with Crippen molar-refractivity contribution in [2.45, 2.75) is 13.8 Å². The van der Waals surface area contributed by atoms with Crippen LogP contribution in [0.15, 0.2) is 4.99 Å². The van der Waals surface area contributed by atoms with Crippen LogP contribution in [0.1, 0.15) is 13.8 Å². The van der Waals surface area contributed by atoms with Crippen LogP contribution in [0.25, 0.3) is 0 Å². The molecule has 0 heterocycles. The van der Waals surface area contributed by atoms with Gasteiger partial charge < -0.3 is 5.41 Å². The van der Waals surface area contributed by atoms with Crippen LogP contribution in [0.5, 0.6) is 0 Å². The standard InChI is InChI=1S/C6H12N2/c1-5(2)6(7)4-8-3/h4-5,7H,1-3H3. The topological polar surface area (TPSA) is 36.2 Å². The summed E-state index contributed by atoms with van der Waals surface area (Å²) in [4.78, 5) is 3.71. The van der Waals surface area contributed by atoms with Gasteiger partial charge in [0.15, 0.2) is 0 Å². The van der Waals surface area contributed by atoms with Crippen LogP contribution in [0, 0.1) is 11.3 Å². The minimum absolute atomic E-state index is 0.304. The molecule has 2 heteroatoms. The van der Waals surface area contributed by atoms with Gasteiger partial charge in [0.1, 0.15) is 0 Å². The van der Waals surface area contributed by atoms with Gasteiger partial charge in [-0.1, -0.05) is 13.8 Å². The third kappa shape index (κ3) is 2.50. The van der Waals surface area contributed by atoms with Gasteiger partial charge in [0.25, 0.3) is 0 Å². The highest BCUT2D eigenvalue weighted by Crippen LogP contribution is 1.90. The van der Waals surface area contributed by atoms with E-state index in [0.717, 1.165) is 0 Å². The van der Waals surface area contributed by atoms with E-state index in [-0.39, 0.29) is 0 Å². The fraction of sp³-hybridized carbons (Fsp3) is 0.667. The molecule has 0 aliphatic heterocycles. The molecule has 0 unspecified atom stereocenters. The second-order valence-electron chi connectivity index (χ2n) is 2.00. The molecular weight excluding hydrogens is 100 g/mol. The summed E-state index contributed by atoms with van der Waals surface area (Å²) in [5, 5.41) is 7.19. The number of hydrogen-bond acceptors (Lipinski definition) is 2. The largest absolute Gasteiger partial charge is 0.303 e. The molecule has 0 aromatic heterocycles. The summed E-state index contributed by atoms with van der Waals surface area (Å²) in [7, 11) is 1.68. The molecule has 0 aromatic rings. The van der Waals surface area contributed by atoms with E-state index in [9.17, 15) is 0 Å². The Morgan fingerprint density at radius 1 is 1.62 bits per heavy atom. The van der Waals surface area contributed by atoms with Crippen LogP contribution in [-0.4, -0.2) is 19.0 Å². The zero-order valence-electron chi connectivity index (χ0n) is 5.60. The summed E-state index contributed by atoms with van der Waals surface area (Å²) < 4.78 is 0. The number of rotatable bonds is 2. The first-order valence-corrected chi connectivity index (χ1v) is 2.69. The maximum atomic E-state index is 7.19. The first kappa shape index (κ1) is 7.34. The van der Waals surface area contributed by atoms with Gasteiger partial charge in [-0.3, -0.25) is 4.99 Å². The van der Waals surface area contributed by atoms with E-state index in [2.05, 4.69) is 4.99 Å². The molecule has 46 valence electrons. The lowest BCUT2D eigenvalue weighted by atomic mass is 10.1. The molecule has 0 fully saturated rings. The van der Waals surface area contributed by atoms with E-state index in [4.69, 9.17) is 5.41 Å². The Hall–Kier alpha value is -0.660. The summed E-state index contributed by atoms with van der Waals surface area (Å²) in [6.45, 7) is 3.95. The van der Waals surface area contributed by atoms with E-state index in [1.54, 1.807) is 13.3 Å². The zero-order valence-corrected chi connectivity index (χ0v) is 5.60. The molecule has 0 saturated carbocycles. The van der Waals surface area contributed by atoms with Crippen molar-refractivity contribution in [1.82, 2.24) is 0 Å². The predicted octanol–water partition coefficient (Wildman–Crippen LogP) is 1.36. The Morgan fingerprint density at radius 3 is 2.25 bits per heavy atom. The lowest BCUT2D eigenvalue weighted by Gasteiger charge is -1.97. The lowest BCUT2D eigenvalue weighted by molar-refractivity contribution is 0.889.